The smallest absolute Gasteiger partial charge is 0.239 e. The molecule has 0 fully saturated rings. The summed E-state index contributed by atoms with van der Waals surface area (Å²) in [5.41, 5.74) is 1.79. The molecule has 0 saturated carbocycles. The second-order valence-electron chi connectivity index (χ2n) is 5.57. The van der Waals surface area contributed by atoms with Crippen LogP contribution in [0.25, 0.3) is 0 Å². The molecule has 2 aromatic rings. The summed E-state index contributed by atoms with van der Waals surface area (Å²) in [6.45, 7) is 0.443. The average Bonchev–Trinajstić information content (AvgIpc) is 2.55. The van der Waals surface area contributed by atoms with E-state index in [9.17, 15) is 9.59 Å². The largest absolute Gasteiger partial charge is 0.456 e. The summed E-state index contributed by atoms with van der Waals surface area (Å²) in [5.74, 6) is 0.740. The molecule has 0 spiro atoms. The van der Waals surface area contributed by atoms with Crippen molar-refractivity contribution in [3.05, 3.63) is 58.6 Å². The lowest BCUT2D eigenvalue weighted by Crippen LogP contribution is -2.38. The number of hydrogen-bond donors (Lipinski definition) is 2. The minimum atomic E-state index is -0.213. The molecule has 4 bridgehead atoms. The molecular weight excluding hydrogens is 328 g/mol. The van der Waals surface area contributed by atoms with Gasteiger partial charge in [-0.25, -0.2) is 0 Å². The normalized spacial score (nSPS) is 15.4. The number of carbonyl (C=O) groups excluding carboxylic acids is 2. The molecule has 0 unspecified atom stereocenters. The molecule has 4 rings (SSSR count). The maximum atomic E-state index is 11.9. The van der Waals surface area contributed by atoms with Gasteiger partial charge in [-0.1, -0.05) is 29.8 Å². The number of nitrogens with one attached hydrogen (secondary N) is 2. The Morgan fingerprint density at radius 3 is 2.67 bits per heavy atom. The highest BCUT2D eigenvalue weighted by molar-refractivity contribution is 6.32. The zero-order valence-corrected chi connectivity index (χ0v) is 13.7. The van der Waals surface area contributed by atoms with Crippen LogP contribution in [0.4, 0.5) is 0 Å². The van der Waals surface area contributed by atoms with Crippen LogP contribution in [-0.4, -0.2) is 24.9 Å². The average molecular weight is 345 g/mol. The minimum Gasteiger partial charge on any atom is -0.456 e. The van der Waals surface area contributed by atoms with Crippen molar-refractivity contribution in [3.63, 3.8) is 0 Å². The third-order valence-electron chi connectivity index (χ3n) is 3.67. The van der Waals surface area contributed by atoms with E-state index in [-0.39, 0.29) is 24.8 Å². The summed E-state index contributed by atoms with van der Waals surface area (Å²) < 4.78 is 5.82. The molecule has 0 saturated heterocycles. The highest BCUT2D eigenvalue weighted by Crippen LogP contribution is 2.30. The van der Waals surface area contributed by atoms with Crippen LogP contribution in [0.1, 0.15) is 11.1 Å². The van der Waals surface area contributed by atoms with Gasteiger partial charge in [0.2, 0.25) is 11.8 Å². The van der Waals surface area contributed by atoms with E-state index in [0.29, 0.717) is 29.5 Å². The van der Waals surface area contributed by atoms with Crippen LogP contribution >= 0.6 is 11.6 Å². The lowest BCUT2D eigenvalue weighted by atomic mass is 10.1. The fraction of sp³-hybridized carbons (Fsp3) is 0.222. The maximum Gasteiger partial charge on any atom is 0.239 e. The van der Waals surface area contributed by atoms with E-state index < -0.39 is 0 Å². The van der Waals surface area contributed by atoms with Crippen molar-refractivity contribution >= 4 is 23.4 Å². The van der Waals surface area contributed by atoms with Crippen molar-refractivity contribution in [1.29, 1.82) is 0 Å². The van der Waals surface area contributed by atoms with Crippen LogP contribution in [0.5, 0.6) is 11.5 Å². The van der Waals surface area contributed by atoms with Gasteiger partial charge in [-0.3, -0.25) is 9.59 Å². The molecule has 0 radical (unpaired) electrons. The Morgan fingerprint density at radius 2 is 1.83 bits per heavy atom. The van der Waals surface area contributed by atoms with Gasteiger partial charge in [-0.15, -0.1) is 0 Å². The molecule has 2 aromatic carbocycles. The summed E-state index contributed by atoms with van der Waals surface area (Å²) in [6, 6.07) is 12.8. The Balaban J connectivity index is 1.89. The second-order valence-corrected chi connectivity index (χ2v) is 5.97. The fourth-order valence-corrected chi connectivity index (χ4v) is 2.71. The third kappa shape index (κ3) is 4.26. The Kier molecular flexibility index (Phi) is 5.01. The van der Waals surface area contributed by atoms with Gasteiger partial charge in [-0.2, -0.15) is 0 Å². The molecule has 2 amide bonds. The van der Waals surface area contributed by atoms with Crippen LogP contribution in [0.3, 0.4) is 0 Å². The topological polar surface area (TPSA) is 67.4 Å². The number of halogens is 1. The van der Waals surface area contributed by atoms with Crippen LogP contribution in [0.15, 0.2) is 42.5 Å². The number of amides is 2. The lowest BCUT2D eigenvalue weighted by Gasteiger charge is -2.12. The number of rotatable bonds is 0. The Morgan fingerprint density at radius 1 is 0.958 bits per heavy atom. The van der Waals surface area contributed by atoms with Crippen molar-refractivity contribution < 1.29 is 14.3 Å². The van der Waals surface area contributed by atoms with Gasteiger partial charge in [0, 0.05) is 6.54 Å². The number of hydrogen-bond acceptors (Lipinski definition) is 3. The Bertz CT molecular complexity index is 777. The zero-order chi connectivity index (χ0) is 16.9. The van der Waals surface area contributed by atoms with E-state index in [0.717, 1.165) is 11.1 Å². The van der Waals surface area contributed by atoms with E-state index >= 15 is 0 Å². The van der Waals surface area contributed by atoms with Gasteiger partial charge in [-0.05, 0) is 41.8 Å². The first-order valence-corrected chi connectivity index (χ1v) is 8.06. The van der Waals surface area contributed by atoms with Crippen molar-refractivity contribution in [2.75, 3.05) is 13.1 Å². The second kappa shape index (κ2) is 7.36. The molecule has 0 atom stereocenters. The van der Waals surface area contributed by atoms with Gasteiger partial charge in [0.25, 0.3) is 0 Å². The van der Waals surface area contributed by atoms with Gasteiger partial charge in [0.1, 0.15) is 11.5 Å². The van der Waals surface area contributed by atoms with Crippen LogP contribution in [0, 0.1) is 0 Å². The molecular formula is C18H17ClN2O3. The summed E-state index contributed by atoms with van der Waals surface area (Å²) in [5, 5.41) is 5.89. The first-order chi connectivity index (χ1) is 11.6. The molecule has 2 aliphatic rings. The fourth-order valence-electron chi connectivity index (χ4n) is 2.46. The monoisotopic (exact) mass is 344 g/mol. The molecule has 0 aliphatic carbocycles. The van der Waals surface area contributed by atoms with Crippen molar-refractivity contribution in [1.82, 2.24) is 10.6 Å². The predicted octanol–water partition coefficient (Wildman–Crippen LogP) is 2.46. The van der Waals surface area contributed by atoms with Gasteiger partial charge < -0.3 is 15.4 Å². The van der Waals surface area contributed by atoms with Crippen molar-refractivity contribution in [3.8, 4) is 11.5 Å². The van der Waals surface area contributed by atoms with E-state index in [4.69, 9.17) is 16.3 Å². The van der Waals surface area contributed by atoms with Gasteiger partial charge in [0.05, 0.1) is 18.0 Å². The van der Waals surface area contributed by atoms with Crippen LogP contribution < -0.4 is 15.4 Å². The number of ether oxygens (including phenoxy) is 1. The lowest BCUT2D eigenvalue weighted by molar-refractivity contribution is -0.125. The quantitative estimate of drug-likeness (QED) is 0.771. The van der Waals surface area contributed by atoms with Crippen molar-refractivity contribution in [2.45, 2.75) is 12.8 Å². The van der Waals surface area contributed by atoms with E-state index in [1.807, 2.05) is 36.4 Å². The molecule has 6 heteroatoms. The molecule has 5 nitrogen and oxygen atoms in total. The number of benzene rings is 2. The molecule has 24 heavy (non-hydrogen) atoms. The van der Waals surface area contributed by atoms with Gasteiger partial charge >= 0.3 is 0 Å². The Labute approximate surface area is 145 Å². The minimum absolute atomic E-state index is 0.0330. The standard InChI is InChI=1S/C18H17ClN2O3/c19-15-9-12-4-5-16(15)24-14-3-1-2-13(8-14)10-17(22)21-11-18(23)20-7-6-12/h1-5,8-9H,6-7,10-11H2,(H,20,23)(H,21,22). The summed E-state index contributed by atoms with van der Waals surface area (Å²) in [6.07, 6.45) is 0.826. The molecule has 0 aromatic heterocycles. The Hall–Kier alpha value is -2.53. The molecule has 2 heterocycles. The van der Waals surface area contributed by atoms with Crippen molar-refractivity contribution in [2.24, 2.45) is 0 Å². The van der Waals surface area contributed by atoms with E-state index in [1.165, 1.54) is 0 Å². The maximum absolute atomic E-state index is 11.9. The molecule has 124 valence electrons. The predicted molar refractivity (Wildman–Crippen MR) is 91.4 cm³/mol. The molecule has 2 N–H and O–H groups in total. The third-order valence-corrected chi connectivity index (χ3v) is 3.96. The zero-order valence-electron chi connectivity index (χ0n) is 13.0. The van der Waals surface area contributed by atoms with Crippen LogP contribution in [-0.2, 0) is 22.4 Å². The number of fused-ring (bicyclic) bond motifs is 9. The molecule has 2 aliphatic heterocycles. The first kappa shape index (κ1) is 16.3. The first-order valence-electron chi connectivity index (χ1n) is 7.69. The highest BCUT2D eigenvalue weighted by Gasteiger charge is 2.10. The van der Waals surface area contributed by atoms with E-state index in [1.54, 1.807) is 6.07 Å². The summed E-state index contributed by atoms with van der Waals surface area (Å²) in [4.78, 5) is 23.7. The van der Waals surface area contributed by atoms with Gasteiger partial charge in [0.15, 0.2) is 0 Å². The summed E-state index contributed by atoms with van der Waals surface area (Å²) >= 11 is 6.28. The van der Waals surface area contributed by atoms with Crippen LogP contribution in [0.2, 0.25) is 5.02 Å². The number of carbonyl (C=O) groups is 2. The van der Waals surface area contributed by atoms with E-state index in [2.05, 4.69) is 10.6 Å². The summed E-state index contributed by atoms with van der Waals surface area (Å²) in [7, 11) is 0. The highest BCUT2D eigenvalue weighted by atomic mass is 35.5. The SMILES string of the molecule is O=C1CNC(=O)Cc2cccc(c2)Oc2ccc(cc2Cl)CCN1.